The van der Waals surface area contributed by atoms with Crippen LogP contribution in [0.3, 0.4) is 0 Å². The van der Waals surface area contributed by atoms with Gasteiger partial charge in [0.25, 0.3) is 5.56 Å². The molecular formula is C12H18ClN3O3. The largest absolute Gasteiger partial charge is 0.468 e. The van der Waals surface area contributed by atoms with E-state index in [9.17, 15) is 9.59 Å². The molecule has 1 rings (SSSR count). The molecule has 0 fully saturated rings. The van der Waals surface area contributed by atoms with E-state index in [1.807, 2.05) is 0 Å². The first-order valence-corrected chi connectivity index (χ1v) is 6.54. The van der Waals surface area contributed by atoms with Gasteiger partial charge in [-0.1, -0.05) is 31.4 Å². The lowest BCUT2D eigenvalue weighted by Crippen LogP contribution is -2.28. The van der Waals surface area contributed by atoms with E-state index in [0.29, 0.717) is 5.69 Å². The number of nitrogens with one attached hydrogen (secondary N) is 1. The van der Waals surface area contributed by atoms with Gasteiger partial charge in [0.05, 0.1) is 19.0 Å². The van der Waals surface area contributed by atoms with E-state index in [4.69, 9.17) is 11.6 Å². The Bertz CT molecular complexity index is 488. The van der Waals surface area contributed by atoms with Crippen molar-refractivity contribution in [2.75, 3.05) is 19.0 Å². The standard InChI is InChI=1S/C12H18ClN3O3/c1-3-4-5-6-14-9-7-15-16(8-10(17)19-2)12(18)11(9)13/h7,14H,3-6,8H2,1-2H3. The molecule has 0 aliphatic heterocycles. The van der Waals surface area contributed by atoms with Crippen LogP contribution in [0.5, 0.6) is 0 Å². The molecule has 1 aromatic heterocycles. The van der Waals surface area contributed by atoms with Crippen LogP contribution >= 0.6 is 11.6 Å². The van der Waals surface area contributed by atoms with Crippen LogP contribution in [0.4, 0.5) is 5.69 Å². The molecule has 0 amide bonds. The van der Waals surface area contributed by atoms with Gasteiger partial charge >= 0.3 is 5.97 Å². The van der Waals surface area contributed by atoms with Crippen LogP contribution in [-0.4, -0.2) is 29.4 Å². The van der Waals surface area contributed by atoms with Gasteiger partial charge in [-0.3, -0.25) is 9.59 Å². The van der Waals surface area contributed by atoms with E-state index in [1.165, 1.54) is 13.3 Å². The molecular weight excluding hydrogens is 270 g/mol. The second kappa shape index (κ2) is 7.78. The summed E-state index contributed by atoms with van der Waals surface area (Å²) in [4.78, 5) is 22.9. The molecule has 106 valence electrons. The Balaban J connectivity index is 2.74. The maximum absolute atomic E-state index is 11.9. The molecule has 6 nitrogen and oxygen atoms in total. The number of halogens is 1. The van der Waals surface area contributed by atoms with E-state index in [2.05, 4.69) is 22.1 Å². The van der Waals surface area contributed by atoms with Crippen LogP contribution < -0.4 is 10.9 Å². The highest BCUT2D eigenvalue weighted by atomic mass is 35.5. The van der Waals surface area contributed by atoms with E-state index in [1.54, 1.807) is 0 Å². The number of anilines is 1. The Morgan fingerprint density at radius 2 is 2.26 bits per heavy atom. The van der Waals surface area contributed by atoms with Crippen molar-refractivity contribution in [1.82, 2.24) is 9.78 Å². The molecule has 7 heteroatoms. The third-order valence-corrected chi connectivity index (χ3v) is 2.95. The number of hydrogen-bond donors (Lipinski definition) is 1. The van der Waals surface area contributed by atoms with Crippen LogP contribution in [0, 0.1) is 0 Å². The molecule has 0 aromatic carbocycles. The summed E-state index contributed by atoms with van der Waals surface area (Å²) in [6.45, 7) is 2.60. The summed E-state index contributed by atoms with van der Waals surface area (Å²) in [5, 5.41) is 6.98. The lowest BCUT2D eigenvalue weighted by molar-refractivity contribution is -0.141. The summed E-state index contributed by atoms with van der Waals surface area (Å²) < 4.78 is 5.45. The molecule has 0 saturated heterocycles. The lowest BCUT2D eigenvalue weighted by atomic mass is 10.2. The molecule has 19 heavy (non-hydrogen) atoms. The lowest BCUT2D eigenvalue weighted by Gasteiger charge is -2.09. The van der Waals surface area contributed by atoms with Gasteiger partial charge in [0.15, 0.2) is 0 Å². The minimum Gasteiger partial charge on any atom is -0.468 e. The van der Waals surface area contributed by atoms with E-state index in [-0.39, 0.29) is 11.6 Å². The predicted octanol–water partition coefficient (Wildman–Crippen LogP) is 1.67. The summed E-state index contributed by atoms with van der Waals surface area (Å²) in [6.07, 6.45) is 4.67. The van der Waals surface area contributed by atoms with Gasteiger partial charge < -0.3 is 10.1 Å². The van der Waals surface area contributed by atoms with Crippen LogP contribution in [0.1, 0.15) is 26.2 Å². The Kier molecular flexibility index (Phi) is 6.35. The van der Waals surface area contributed by atoms with Crippen molar-refractivity contribution < 1.29 is 9.53 Å². The Labute approximate surface area is 116 Å². The second-order valence-corrected chi connectivity index (χ2v) is 4.42. The highest BCUT2D eigenvalue weighted by molar-refractivity contribution is 6.32. The smallest absolute Gasteiger partial charge is 0.327 e. The molecule has 0 bridgehead atoms. The van der Waals surface area contributed by atoms with Crippen LogP contribution in [0.2, 0.25) is 5.02 Å². The van der Waals surface area contributed by atoms with Gasteiger partial charge in [-0.25, -0.2) is 4.68 Å². The number of carbonyl (C=O) groups excluding carboxylic acids is 1. The van der Waals surface area contributed by atoms with Crippen molar-refractivity contribution in [3.63, 3.8) is 0 Å². The van der Waals surface area contributed by atoms with Gasteiger partial charge in [-0.2, -0.15) is 5.10 Å². The molecule has 0 radical (unpaired) electrons. The maximum Gasteiger partial charge on any atom is 0.327 e. The van der Waals surface area contributed by atoms with Crippen molar-refractivity contribution in [2.45, 2.75) is 32.7 Å². The summed E-state index contributed by atoms with van der Waals surface area (Å²) in [5.74, 6) is -0.547. The van der Waals surface area contributed by atoms with Gasteiger partial charge in [0, 0.05) is 6.54 Å². The topological polar surface area (TPSA) is 73.2 Å². The first-order valence-electron chi connectivity index (χ1n) is 6.16. The second-order valence-electron chi connectivity index (χ2n) is 4.05. The van der Waals surface area contributed by atoms with Gasteiger partial charge in [0.2, 0.25) is 0 Å². The number of nitrogens with zero attached hydrogens (tertiary/aromatic N) is 2. The number of unbranched alkanes of at least 4 members (excludes halogenated alkanes) is 2. The normalized spacial score (nSPS) is 10.3. The first-order chi connectivity index (χ1) is 9.10. The number of aromatic nitrogens is 2. The molecule has 0 unspecified atom stereocenters. The molecule has 1 aromatic rings. The predicted molar refractivity (Wildman–Crippen MR) is 73.5 cm³/mol. The van der Waals surface area contributed by atoms with Gasteiger partial charge in [0.1, 0.15) is 11.6 Å². The average Bonchev–Trinajstić information content (AvgIpc) is 2.42. The third-order valence-electron chi connectivity index (χ3n) is 2.59. The zero-order valence-electron chi connectivity index (χ0n) is 11.1. The summed E-state index contributed by atoms with van der Waals surface area (Å²) >= 11 is 5.95. The maximum atomic E-state index is 11.9. The Morgan fingerprint density at radius 1 is 1.53 bits per heavy atom. The zero-order chi connectivity index (χ0) is 14.3. The SMILES string of the molecule is CCCCCNc1cnn(CC(=O)OC)c(=O)c1Cl. The molecule has 0 atom stereocenters. The first kappa shape index (κ1) is 15.5. The fourth-order valence-electron chi connectivity index (χ4n) is 1.49. The molecule has 1 heterocycles. The van der Waals surface area contributed by atoms with Crippen LogP contribution in [0.15, 0.2) is 11.0 Å². The Morgan fingerprint density at radius 3 is 2.89 bits per heavy atom. The highest BCUT2D eigenvalue weighted by Crippen LogP contribution is 2.15. The molecule has 0 spiro atoms. The molecule has 0 aliphatic rings. The number of methoxy groups -OCH3 is 1. The summed E-state index contributed by atoms with van der Waals surface area (Å²) in [7, 11) is 1.25. The quantitative estimate of drug-likeness (QED) is 0.610. The van der Waals surface area contributed by atoms with E-state index in [0.717, 1.165) is 30.5 Å². The van der Waals surface area contributed by atoms with E-state index >= 15 is 0 Å². The van der Waals surface area contributed by atoms with Crippen molar-refractivity contribution in [3.05, 3.63) is 21.6 Å². The van der Waals surface area contributed by atoms with Crippen LogP contribution in [-0.2, 0) is 16.1 Å². The summed E-state index contributed by atoms with van der Waals surface area (Å²) in [5.41, 5.74) is -0.0172. The number of hydrogen-bond acceptors (Lipinski definition) is 5. The van der Waals surface area contributed by atoms with Crippen molar-refractivity contribution in [2.24, 2.45) is 0 Å². The molecule has 0 saturated carbocycles. The van der Waals surface area contributed by atoms with Crippen molar-refractivity contribution >= 4 is 23.3 Å². The number of rotatable bonds is 7. The fraction of sp³-hybridized carbons (Fsp3) is 0.583. The fourth-order valence-corrected chi connectivity index (χ4v) is 1.70. The average molecular weight is 288 g/mol. The minimum absolute atomic E-state index is 0.0374. The van der Waals surface area contributed by atoms with E-state index < -0.39 is 11.5 Å². The number of carbonyl (C=O) groups is 1. The zero-order valence-corrected chi connectivity index (χ0v) is 11.9. The minimum atomic E-state index is -0.547. The highest BCUT2D eigenvalue weighted by Gasteiger charge is 2.11. The third kappa shape index (κ3) is 4.55. The van der Waals surface area contributed by atoms with Crippen LogP contribution in [0.25, 0.3) is 0 Å². The Hall–Kier alpha value is -1.56. The van der Waals surface area contributed by atoms with Crippen molar-refractivity contribution in [3.8, 4) is 0 Å². The van der Waals surface area contributed by atoms with Gasteiger partial charge in [-0.05, 0) is 6.42 Å². The van der Waals surface area contributed by atoms with Crippen molar-refractivity contribution in [1.29, 1.82) is 0 Å². The number of ether oxygens (including phenoxy) is 1. The van der Waals surface area contributed by atoms with Gasteiger partial charge in [-0.15, -0.1) is 0 Å². The summed E-state index contributed by atoms with van der Waals surface area (Å²) in [6, 6.07) is 0. The molecule has 0 aliphatic carbocycles. The molecule has 1 N–H and O–H groups in total. The monoisotopic (exact) mass is 287 g/mol. The number of esters is 1.